The maximum absolute atomic E-state index is 10.7. The summed E-state index contributed by atoms with van der Waals surface area (Å²) in [5.41, 5.74) is 1.11. The molecule has 0 aromatic heterocycles. The summed E-state index contributed by atoms with van der Waals surface area (Å²) in [5.74, 6) is 0. The van der Waals surface area contributed by atoms with Gasteiger partial charge in [-0.1, -0.05) is 11.6 Å². The molecule has 74 valence electrons. The number of halogens is 2. The van der Waals surface area contributed by atoms with Crippen LogP contribution in [0.3, 0.4) is 0 Å². The number of aldehydes is 1. The second-order valence-electron chi connectivity index (χ2n) is 2.59. The van der Waals surface area contributed by atoms with Crippen molar-refractivity contribution in [3.8, 4) is 0 Å². The highest BCUT2D eigenvalue weighted by atomic mass is 127. The maximum Gasteiger partial charge on any atom is 0.152 e. The van der Waals surface area contributed by atoms with Gasteiger partial charge in [0.1, 0.15) is 0 Å². The molecule has 1 aromatic carbocycles. The molecule has 0 radical (unpaired) electrons. The number of benzene rings is 1. The molecule has 1 rings (SSSR count). The second-order valence-corrected chi connectivity index (χ2v) is 4.55. The van der Waals surface area contributed by atoms with Gasteiger partial charge in [0.2, 0.25) is 0 Å². The monoisotopic (exact) mass is 322 g/mol. The van der Waals surface area contributed by atoms with E-state index in [4.69, 9.17) is 11.6 Å². The number of hydrogen-bond acceptors (Lipinski definition) is 2. The number of aliphatic imine (C=N–C) groups is 1. The molecule has 0 unspecified atom stereocenters. The van der Waals surface area contributed by atoms with Crippen molar-refractivity contribution < 1.29 is 4.79 Å². The standard InChI is InChI=1S/C9H8ClIN2O/c1-13(11)6-12-9-4-8(10)3-2-7(9)5-14/h2-6H,1H3. The zero-order valence-electron chi connectivity index (χ0n) is 7.45. The largest absolute Gasteiger partial charge is 0.308 e. The van der Waals surface area contributed by atoms with Gasteiger partial charge >= 0.3 is 0 Å². The number of carbonyl (C=O) groups excluding carboxylic acids is 1. The fourth-order valence-corrected chi connectivity index (χ4v) is 1.16. The Bertz CT molecular complexity index is 366. The average Bonchev–Trinajstić information content (AvgIpc) is 2.15. The third-order valence-electron chi connectivity index (χ3n) is 1.48. The molecule has 0 saturated heterocycles. The van der Waals surface area contributed by atoms with Gasteiger partial charge in [-0.3, -0.25) is 4.79 Å². The minimum atomic E-state index is 0.531. The predicted octanol–water partition coefficient (Wildman–Crippen LogP) is 3.09. The van der Waals surface area contributed by atoms with Crippen molar-refractivity contribution >= 4 is 52.8 Å². The molecule has 0 fully saturated rings. The van der Waals surface area contributed by atoms with Gasteiger partial charge in [-0.25, -0.2) is 4.99 Å². The van der Waals surface area contributed by atoms with Crippen LogP contribution in [0.5, 0.6) is 0 Å². The topological polar surface area (TPSA) is 32.7 Å². The fraction of sp³-hybridized carbons (Fsp3) is 0.111. The molecule has 1 aromatic rings. The van der Waals surface area contributed by atoms with E-state index in [2.05, 4.69) is 27.9 Å². The molecular formula is C9H8ClIN2O. The Balaban J connectivity index is 3.04. The minimum Gasteiger partial charge on any atom is -0.308 e. The lowest BCUT2D eigenvalue weighted by molar-refractivity contribution is 0.112. The van der Waals surface area contributed by atoms with Crippen molar-refractivity contribution in [2.75, 3.05) is 7.05 Å². The van der Waals surface area contributed by atoms with Crippen molar-refractivity contribution in [2.45, 2.75) is 0 Å². The van der Waals surface area contributed by atoms with E-state index in [-0.39, 0.29) is 0 Å². The van der Waals surface area contributed by atoms with Gasteiger partial charge in [-0.2, -0.15) is 0 Å². The van der Waals surface area contributed by atoms with E-state index >= 15 is 0 Å². The van der Waals surface area contributed by atoms with Crippen LogP contribution in [0, 0.1) is 0 Å². The van der Waals surface area contributed by atoms with Gasteiger partial charge in [0.25, 0.3) is 0 Å². The Labute approximate surface area is 101 Å². The van der Waals surface area contributed by atoms with Crippen LogP contribution in [0.2, 0.25) is 5.02 Å². The first-order valence-electron chi connectivity index (χ1n) is 3.81. The predicted molar refractivity (Wildman–Crippen MR) is 66.8 cm³/mol. The smallest absolute Gasteiger partial charge is 0.152 e. The molecule has 0 spiro atoms. The average molecular weight is 323 g/mol. The van der Waals surface area contributed by atoms with E-state index in [1.807, 2.05) is 7.05 Å². The summed E-state index contributed by atoms with van der Waals surface area (Å²) in [5, 5.41) is 0.568. The van der Waals surface area contributed by atoms with Gasteiger partial charge in [-0.15, -0.1) is 0 Å². The summed E-state index contributed by atoms with van der Waals surface area (Å²) in [7, 11) is 1.84. The summed E-state index contributed by atoms with van der Waals surface area (Å²) < 4.78 is 1.76. The number of nitrogens with zero attached hydrogens (tertiary/aromatic N) is 2. The van der Waals surface area contributed by atoms with Crippen LogP contribution < -0.4 is 0 Å². The van der Waals surface area contributed by atoms with Crippen LogP contribution in [0.25, 0.3) is 0 Å². The van der Waals surface area contributed by atoms with E-state index in [9.17, 15) is 4.79 Å². The van der Waals surface area contributed by atoms with Crippen molar-refractivity contribution in [1.29, 1.82) is 0 Å². The van der Waals surface area contributed by atoms with Gasteiger partial charge in [0.05, 0.1) is 34.9 Å². The lowest BCUT2D eigenvalue weighted by atomic mass is 10.2. The SMILES string of the molecule is CN(I)C=Nc1cc(Cl)ccc1C=O. The Morgan fingerprint density at radius 1 is 1.57 bits per heavy atom. The molecule has 0 aliphatic rings. The Hall–Kier alpha value is -0.620. The van der Waals surface area contributed by atoms with Gasteiger partial charge in [0, 0.05) is 17.6 Å². The third kappa shape index (κ3) is 3.26. The van der Waals surface area contributed by atoms with E-state index in [0.717, 1.165) is 6.29 Å². The lowest BCUT2D eigenvalue weighted by Crippen LogP contribution is -1.98. The highest BCUT2D eigenvalue weighted by Crippen LogP contribution is 2.22. The summed E-state index contributed by atoms with van der Waals surface area (Å²) in [6.07, 6.45) is 2.37. The van der Waals surface area contributed by atoms with Crippen LogP contribution in [0.1, 0.15) is 10.4 Å². The van der Waals surface area contributed by atoms with E-state index in [1.54, 1.807) is 27.7 Å². The Morgan fingerprint density at radius 3 is 2.86 bits per heavy atom. The second kappa shape index (κ2) is 5.31. The summed E-state index contributed by atoms with van der Waals surface area (Å²) in [6.45, 7) is 0. The number of hydrogen-bond donors (Lipinski definition) is 0. The fourth-order valence-electron chi connectivity index (χ4n) is 0.870. The van der Waals surface area contributed by atoms with Gasteiger partial charge in [0.15, 0.2) is 6.29 Å². The molecule has 0 bridgehead atoms. The Kier molecular flexibility index (Phi) is 4.34. The zero-order valence-corrected chi connectivity index (χ0v) is 10.4. The maximum atomic E-state index is 10.7. The molecule has 0 saturated carbocycles. The molecule has 0 N–H and O–H groups in total. The summed E-state index contributed by atoms with van der Waals surface area (Å²) >= 11 is 7.85. The van der Waals surface area contributed by atoms with Crippen LogP contribution in [0.15, 0.2) is 23.2 Å². The molecule has 5 heteroatoms. The summed E-state index contributed by atoms with van der Waals surface area (Å²) in [4.78, 5) is 14.8. The molecule has 14 heavy (non-hydrogen) atoms. The van der Waals surface area contributed by atoms with Crippen molar-refractivity contribution in [2.24, 2.45) is 4.99 Å². The summed E-state index contributed by atoms with van der Waals surface area (Å²) in [6, 6.07) is 4.97. The van der Waals surface area contributed by atoms with Crippen LogP contribution >= 0.6 is 34.5 Å². The first kappa shape index (κ1) is 11.5. The van der Waals surface area contributed by atoms with Gasteiger partial charge in [-0.05, 0) is 18.2 Å². The third-order valence-corrected chi connectivity index (χ3v) is 1.96. The lowest BCUT2D eigenvalue weighted by Gasteiger charge is -2.02. The first-order valence-corrected chi connectivity index (χ1v) is 5.15. The highest BCUT2D eigenvalue weighted by molar-refractivity contribution is 14.1. The van der Waals surface area contributed by atoms with Crippen molar-refractivity contribution in [3.63, 3.8) is 0 Å². The molecular weight excluding hydrogens is 314 g/mol. The number of carbonyl (C=O) groups is 1. The molecule has 0 amide bonds. The van der Waals surface area contributed by atoms with Gasteiger partial charge < -0.3 is 3.11 Å². The first-order chi connectivity index (χ1) is 6.63. The van der Waals surface area contributed by atoms with E-state index in [1.165, 1.54) is 0 Å². The molecule has 3 nitrogen and oxygen atoms in total. The number of rotatable bonds is 3. The quantitative estimate of drug-likeness (QED) is 0.282. The molecule has 0 aliphatic carbocycles. The Morgan fingerprint density at radius 2 is 2.29 bits per heavy atom. The van der Waals surface area contributed by atoms with E-state index in [0.29, 0.717) is 16.3 Å². The normalized spacial score (nSPS) is 10.5. The molecule has 0 heterocycles. The zero-order chi connectivity index (χ0) is 10.6. The van der Waals surface area contributed by atoms with Crippen molar-refractivity contribution in [3.05, 3.63) is 28.8 Å². The van der Waals surface area contributed by atoms with Crippen LogP contribution in [-0.4, -0.2) is 22.8 Å². The molecule has 0 aliphatic heterocycles. The van der Waals surface area contributed by atoms with E-state index < -0.39 is 0 Å². The minimum absolute atomic E-state index is 0.531. The van der Waals surface area contributed by atoms with Crippen molar-refractivity contribution in [1.82, 2.24) is 3.11 Å². The van der Waals surface area contributed by atoms with Crippen LogP contribution in [-0.2, 0) is 0 Å². The highest BCUT2D eigenvalue weighted by Gasteiger charge is 2.00. The van der Waals surface area contributed by atoms with Crippen LogP contribution in [0.4, 0.5) is 5.69 Å². The molecule has 0 atom stereocenters.